The number of amides is 1. The van der Waals surface area contributed by atoms with Crippen molar-refractivity contribution in [2.75, 3.05) is 19.9 Å². The first-order chi connectivity index (χ1) is 12.1. The molecule has 0 radical (unpaired) electrons. The molecule has 25 heavy (non-hydrogen) atoms. The van der Waals surface area contributed by atoms with Crippen LogP contribution in [0.4, 0.5) is 0 Å². The van der Waals surface area contributed by atoms with Crippen molar-refractivity contribution in [2.24, 2.45) is 0 Å². The second-order valence-corrected chi connectivity index (χ2v) is 6.87. The monoisotopic (exact) mass is 361 g/mol. The summed E-state index contributed by atoms with van der Waals surface area (Å²) in [5.74, 6) is 0.686. The van der Waals surface area contributed by atoms with Gasteiger partial charge < -0.3 is 19.1 Å². The lowest BCUT2D eigenvalue weighted by molar-refractivity contribution is -0.134. The molecule has 0 fully saturated rings. The molecule has 2 aromatic rings. The number of rotatable bonds is 6. The van der Waals surface area contributed by atoms with Gasteiger partial charge in [0, 0.05) is 18.0 Å². The zero-order chi connectivity index (χ0) is 17.8. The third-order valence-electron chi connectivity index (χ3n) is 3.81. The molecule has 1 aliphatic rings. The van der Waals surface area contributed by atoms with Crippen LogP contribution in [0.15, 0.2) is 30.3 Å². The summed E-state index contributed by atoms with van der Waals surface area (Å²) in [6.45, 7) is 4.68. The van der Waals surface area contributed by atoms with Crippen LogP contribution in [0.1, 0.15) is 27.0 Å². The molecule has 1 aromatic carbocycles. The molecular formula is C18H19NO5S. The van der Waals surface area contributed by atoms with Crippen molar-refractivity contribution >= 4 is 23.2 Å². The lowest BCUT2D eigenvalue weighted by Gasteiger charge is -2.21. The number of hydrogen-bond donors (Lipinski definition) is 0. The smallest absolute Gasteiger partial charge is 0.348 e. The van der Waals surface area contributed by atoms with Crippen LogP contribution in [0, 0.1) is 6.92 Å². The van der Waals surface area contributed by atoms with Gasteiger partial charge in [-0.1, -0.05) is 6.07 Å². The first-order valence-corrected chi connectivity index (χ1v) is 8.78. The molecule has 1 aliphatic heterocycles. The van der Waals surface area contributed by atoms with E-state index in [0.717, 1.165) is 10.4 Å². The SMILES string of the molecule is CCN(Cc1ccc2c(c1)OCO2)C(=O)COC(=O)c1ccc(C)s1. The lowest BCUT2D eigenvalue weighted by atomic mass is 10.2. The fourth-order valence-corrected chi connectivity index (χ4v) is 3.23. The van der Waals surface area contributed by atoms with Gasteiger partial charge in [0.05, 0.1) is 0 Å². The maximum Gasteiger partial charge on any atom is 0.348 e. The molecule has 2 heterocycles. The van der Waals surface area contributed by atoms with Crippen LogP contribution in [0.3, 0.4) is 0 Å². The molecule has 0 N–H and O–H groups in total. The van der Waals surface area contributed by atoms with Gasteiger partial charge in [-0.25, -0.2) is 4.79 Å². The van der Waals surface area contributed by atoms with Crippen LogP contribution < -0.4 is 9.47 Å². The van der Waals surface area contributed by atoms with E-state index in [-0.39, 0.29) is 19.3 Å². The van der Waals surface area contributed by atoms with E-state index in [9.17, 15) is 9.59 Å². The van der Waals surface area contributed by atoms with Crippen molar-refractivity contribution in [1.82, 2.24) is 4.90 Å². The maximum absolute atomic E-state index is 12.3. The molecule has 1 aromatic heterocycles. The Labute approximate surface area is 149 Å². The van der Waals surface area contributed by atoms with E-state index >= 15 is 0 Å². The van der Waals surface area contributed by atoms with Crippen LogP contribution in [-0.2, 0) is 16.1 Å². The van der Waals surface area contributed by atoms with Crippen LogP contribution in [0.25, 0.3) is 0 Å². The Morgan fingerprint density at radius 2 is 2.00 bits per heavy atom. The topological polar surface area (TPSA) is 65.1 Å². The van der Waals surface area contributed by atoms with Crippen molar-refractivity contribution < 1.29 is 23.8 Å². The molecule has 132 valence electrons. The first-order valence-electron chi connectivity index (χ1n) is 7.96. The number of nitrogens with zero attached hydrogens (tertiary/aromatic N) is 1. The Bertz CT molecular complexity index is 786. The maximum atomic E-state index is 12.3. The highest BCUT2D eigenvalue weighted by Crippen LogP contribution is 2.32. The molecule has 0 saturated heterocycles. The minimum atomic E-state index is -0.467. The molecule has 3 rings (SSSR count). The number of hydrogen-bond acceptors (Lipinski definition) is 6. The minimum absolute atomic E-state index is 0.216. The summed E-state index contributed by atoms with van der Waals surface area (Å²) in [6.07, 6.45) is 0. The molecule has 0 saturated carbocycles. The minimum Gasteiger partial charge on any atom is -0.454 e. The zero-order valence-corrected chi connectivity index (χ0v) is 14.9. The molecule has 0 aliphatic carbocycles. The Hall–Kier alpha value is -2.54. The number of likely N-dealkylation sites (N-methyl/N-ethyl adjacent to an activating group) is 1. The van der Waals surface area contributed by atoms with Gasteiger partial charge in [-0.05, 0) is 43.7 Å². The van der Waals surface area contributed by atoms with E-state index in [0.29, 0.717) is 29.5 Å². The van der Waals surface area contributed by atoms with E-state index in [1.165, 1.54) is 11.3 Å². The molecule has 0 spiro atoms. The number of ether oxygens (including phenoxy) is 3. The van der Waals surface area contributed by atoms with Gasteiger partial charge in [0.2, 0.25) is 6.79 Å². The molecular weight excluding hydrogens is 342 g/mol. The predicted molar refractivity (Wildman–Crippen MR) is 93.0 cm³/mol. The Balaban J connectivity index is 1.57. The predicted octanol–water partition coefficient (Wildman–Crippen LogP) is 2.99. The third-order valence-corrected chi connectivity index (χ3v) is 4.79. The molecule has 0 unspecified atom stereocenters. The van der Waals surface area contributed by atoms with Gasteiger partial charge in [0.1, 0.15) is 4.88 Å². The molecule has 7 heteroatoms. The number of esters is 1. The second-order valence-electron chi connectivity index (χ2n) is 5.58. The number of thiophene rings is 1. The quantitative estimate of drug-likeness (QED) is 0.740. The van der Waals surface area contributed by atoms with Crippen LogP contribution in [0.2, 0.25) is 0 Å². The summed E-state index contributed by atoms with van der Waals surface area (Å²) in [6, 6.07) is 9.13. The van der Waals surface area contributed by atoms with Crippen molar-refractivity contribution in [1.29, 1.82) is 0 Å². The summed E-state index contributed by atoms with van der Waals surface area (Å²) in [7, 11) is 0. The van der Waals surface area contributed by atoms with Crippen molar-refractivity contribution in [2.45, 2.75) is 20.4 Å². The highest BCUT2D eigenvalue weighted by Gasteiger charge is 2.18. The number of fused-ring (bicyclic) bond motifs is 1. The fourth-order valence-electron chi connectivity index (χ4n) is 2.47. The fraction of sp³-hybridized carbons (Fsp3) is 0.333. The second kappa shape index (κ2) is 7.57. The van der Waals surface area contributed by atoms with Crippen molar-refractivity contribution in [3.05, 3.63) is 45.6 Å². The lowest BCUT2D eigenvalue weighted by Crippen LogP contribution is -2.34. The van der Waals surface area contributed by atoms with Crippen LogP contribution in [0.5, 0.6) is 11.5 Å². The zero-order valence-electron chi connectivity index (χ0n) is 14.1. The summed E-state index contributed by atoms with van der Waals surface area (Å²) < 4.78 is 15.8. The number of carbonyl (C=O) groups is 2. The first kappa shape index (κ1) is 17.3. The number of benzene rings is 1. The summed E-state index contributed by atoms with van der Waals surface area (Å²) in [5.41, 5.74) is 0.930. The van der Waals surface area contributed by atoms with E-state index in [1.54, 1.807) is 11.0 Å². The van der Waals surface area contributed by atoms with Gasteiger partial charge in [-0.2, -0.15) is 0 Å². The third kappa shape index (κ3) is 4.11. The highest BCUT2D eigenvalue weighted by atomic mass is 32.1. The molecule has 1 amide bonds. The van der Waals surface area contributed by atoms with Gasteiger partial charge in [0.25, 0.3) is 5.91 Å². The summed E-state index contributed by atoms with van der Waals surface area (Å²) in [5, 5.41) is 0. The molecule has 0 atom stereocenters. The van der Waals surface area contributed by atoms with Gasteiger partial charge in [-0.3, -0.25) is 4.79 Å². The Kier molecular flexibility index (Phi) is 5.23. The van der Waals surface area contributed by atoms with Gasteiger partial charge >= 0.3 is 5.97 Å². The average molecular weight is 361 g/mol. The summed E-state index contributed by atoms with van der Waals surface area (Å²) in [4.78, 5) is 27.5. The van der Waals surface area contributed by atoms with Gasteiger partial charge in [-0.15, -0.1) is 11.3 Å². The highest BCUT2D eigenvalue weighted by molar-refractivity contribution is 7.13. The van der Waals surface area contributed by atoms with E-state index < -0.39 is 5.97 Å². The van der Waals surface area contributed by atoms with E-state index in [2.05, 4.69) is 0 Å². The van der Waals surface area contributed by atoms with Crippen molar-refractivity contribution in [3.8, 4) is 11.5 Å². The largest absolute Gasteiger partial charge is 0.454 e. The standard InChI is InChI=1S/C18H19NO5S/c1-3-19(9-13-5-6-14-15(8-13)24-11-23-14)17(20)10-22-18(21)16-7-4-12(2)25-16/h4-8H,3,9-11H2,1-2H3. The molecule has 6 nitrogen and oxygen atoms in total. The van der Waals surface area contributed by atoms with Crippen molar-refractivity contribution in [3.63, 3.8) is 0 Å². The van der Waals surface area contributed by atoms with Gasteiger partial charge in [0.15, 0.2) is 18.1 Å². The normalized spacial score (nSPS) is 12.1. The Morgan fingerprint density at radius 3 is 2.72 bits per heavy atom. The average Bonchev–Trinajstić information content (AvgIpc) is 3.25. The van der Waals surface area contributed by atoms with E-state index in [1.807, 2.05) is 38.1 Å². The van der Waals surface area contributed by atoms with Crippen LogP contribution >= 0.6 is 11.3 Å². The van der Waals surface area contributed by atoms with E-state index in [4.69, 9.17) is 14.2 Å². The molecule has 0 bridgehead atoms. The summed E-state index contributed by atoms with van der Waals surface area (Å²) >= 11 is 1.35. The Morgan fingerprint density at radius 1 is 1.20 bits per heavy atom. The number of carbonyl (C=O) groups excluding carboxylic acids is 2. The van der Waals surface area contributed by atoms with Crippen LogP contribution in [-0.4, -0.2) is 36.7 Å². The number of aryl methyl sites for hydroxylation is 1.